The molecule has 1 unspecified atom stereocenters. The molecule has 1 saturated carbocycles. The smallest absolute Gasteiger partial charge is 0.248 e. The number of carbonyl (C=O) groups is 2. The zero-order valence-electron chi connectivity index (χ0n) is 19.1. The van der Waals surface area contributed by atoms with Gasteiger partial charge in [-0.3, -0.25) is 14.5 Å². The van der Waals surface area contributed by atoms with Crippen LogP contribution in [0.25, 0.3) is 0 Å². The molecule has 1 aliphatic rings. The van der Waals surface area contributed by atoms with E-state index in [4.69, 9.17) is 4.74 Å². The van der Waals surface area contributed by atoms with Gasteiger partial charge < -0.3 is 10.1 Å². The Hall–Kier alpha value is -3.12. The number of hydrogen-bond donors (Lipinski definition) is 1. The van der Waals surface area contributed by atoms with Crippen LogP contribution in [-0.4, -0.2) is 25.0 Å². The van der Waals surface area contributed by atoms with Crippen LogP contribution in [0.1, 0.15) is 47.7 Å². The summed E-state index contributed by atoms with van der Waals surface area (Å²) in [6, 6.07) is 18.5. The number of benzene rings is 2. The molecule has 0 aliphatic heterocycles. The van der Waals surface area contributed by atoms with Gasteiger partial charge in [-0.2, -0.15) is 0 Å². The van der Waals surface area contributed by atoms with Crippen molar-refractivity contribution in [2.75, 3.05) is 12.0 Å². The third-order valence-corrected chi connectivity index (χ3v) is 6.95. The number of aryl methyl sites for hydroxylation is 1. The number of amides is 2. The monoisotopic (exact) mass is 462 g/mol. The quantitative estimate of drug-likeness (QED) is 0.485. The summed E-state index contributed by atoms with van der Waals surface area (Å²) in [7, 11) is 1.60. The Balaban J connectivity index is 1.78. The Labute approximate surface area is 199 Å². The molecule has 0 radical (unpaired) electrons. The number of anilines is 1. The molecule has 2 aromatic carbocycles. The lowest BCUT2D eigenvalue weighted by Gasteiger charge is -2.32. The van der Waals surface area contributed by atoms with E-state index in [9.17, 15) is 9.59 Å². The Morgan fingerprint density at radius 2 is 1.88 bits per heavy atom. The Morgan fingerprint density at radius 3 is 2.58 bits per heavy atom. The second-order valence-electron chi connectivity index (χ2n) is 8.53. The summed E-state index contributed by atoms with van der Waals surface area (Å²) in [6.45, 7) is 1.99. The first-order valence-electron chi connectivity index (χ1n) is 11.4. The molecular formula is C27H30N2O3S. The van der Waals surface area contributed by atoms with E-state index in [0.29, 0.717) is 11.4 Å². The van der Waals surface area contributed by atoms with Crippen molar-refractivity contribution in [1.82, 2.24) is 5.32 Å². The molecule has 4 rings (SSSR count). The average Bonchev–Trinajstić information content (AvgIpc) is 3.51. The summed E-state index contributed by atoms with van der Waals surface area (Å²) in [5.41, 5.74) is 2.47. The molecule has 1 N–H and O–H groups in total. The van der Waals surface area contributed by atoms with Crippen LogP contribution in [0.15, 0.2) is 66.0 Å². The first-order valence-corrected chi connectivity index (χ1v) is 12.3. The van der Waals surface area contributed by atoms with Gasteiger partial charge in [0.25, 0.3) is 0 Å². The SMILES string of the molecule is COc1cccc(C(C(=O)NC2CCCC2)N(C(=O)Cc2cccs2)c2cccc(C)c2)c1. The van der Waals surface area contributed by atoms with Crippen molar-refractivity contribution in [3.8, 4) is 5.75 Å². The van der Waals surface area contributed by atoms with E-state index in [0.717, 1.165) is 41.7 Å². The second kappa shape index (κ2) is 10.7. The highest BCUT2D eigenvalue weighted by molar-refractivity contribution is 7.10. The lowest BCUT2D eigenvalue weighted by Crippen LogP contribution is -2.46. The fraction of sp³-hybridized carbons (Fsp3) is 0.333. The topological polar surface area (TPSA) is 58.6 Å². The minimum absolute atomic E-state index is 0.113. The lowest BCUT2D eigenvalue weighted by molar-refractivity contribution is -0.127. The summed E-state index contributed by atoms with van der Waals surface area (Å²) >= 11 is 1.55. The molecule has 5 nitrogen and oxygen atoms in total. The zero-order valence-corrected chi connectivity index (χ0v) is 19.9. The van der Waals surface area contributed by atoms with Crippen molar-refractivity contribution < 1.29 is 14.3 Å². The van der Waals surface area contributed by atoms with Gasteiger partial charge in [-0.1, -0.05) is 43.2 Å². The van der Waals surface area contributed by atoms with Crippen LogP contribution in [0.5, 0.6) is 5.75 Å². The summed E-state index contributed by atoms with van der Waals surface area (Å²) in [5, 5.41) is 5.19. The fourth-order valence-corrected chi connectivity index (χ4v) is 5.14. The van der Waals surface area contributed by atoms with E-state index in [-0.39, 0.29) is 24.3 Å². The summed E-state index contributed by atoms with van der Waals surface area (Å²) in [6.07, 6.45) is 4.43. The van der Waals surface area contributed by atoms with Crippen molar-refractivity contribution in [2.24, 2.45) is 0 Å². The minimum Gasteiger partial charge on any atom is -0.497 e. The number of methoxy groups -OCH3 is 1. The van der Waals surface area contributed by atoms with Crippen LogP contribution in [0.2, 0.25) is 0 Å². The van der Waals surface area contributed by atoms with Gasteiger partial charge in [-0.05, 0) is 66.6 Å². The van der Waals surface area contributed by atoms with E-state index >= 15 is 0 Å². The maximum absolute atomic E-state index is 13.8. The van der Waals surface area contributed by atoms with Crippen molar-refractivity contribution in [2.45, 2.75) is 51.1 Å². The molecule has 33 heavy (non-hydrogen) atoms. The maximum Gasteiger partial charge on any atom is 0.248 e. The molecule has 0 spiro atoms. The van der Waals surface area contributed by atoms with Crippen molar-refractivity contribution in [3.63, 3.8) is 0 Å². The van der Waals surface area contributed by atoms with E-state index in [1.165, 1.54) is 0 Å². The number of ether oxygens (including phenoxy) is 1. The molecule has 0 bridgehead atoms. The van der Waals surface area contributed by atoms with Gasteiger partial charge in [0.05, 0.1) is 13.5 Å². The molecule has 0 saturated heterocycles. The van der Waals surface area contributed by atoms with Gasteiger partial charge in [-0.15, -0.1) is 11.3 Å². The molecule has 1 fully saturated rings. The van der Waals surface area contributed by atoms with Crippen LogP contribution in [0.3, 0.4) is 0 Å². The van der Waals surface area contributed by atoms with Crippen LogP contribution in [0, 0.1) is 6.92 Å². The minimum atomic E-state index is -0.796. The highest BCUT2D eigenvalue weighted by atomic mass is 32.1. The summed E-state index contributed by atoms with van der Waals surface area (Å²) in [4.78, 5) is 30.1. The Morgan fingerprint density at radius 1 is 1.09 bits per heavy atom. The normalized spacial score (nSPS) is 14.6. The molecule has 2 amide bonds. The average molecular weight is 463 g/mol. The van der Waals surface area contributed by atoms with Gasteiger partial charge in [-0.25, -0.2) is 0 Å². The highest BCUT2D eigenvalue weighted by Gasteiger charge is 2.34. The number of nitrogens with one attached hydrogen (secondary N) is 1. The number of rotatable bonds is 8. The molecule has 3 aromatic rings. The number of thiophene rings is 1. The molecular weight excluding hydrogens is 432 g/mol. The number of nitrogens with zero attached hydrogens (tertiary/aromatic N) is 1. The summed E-state index contributed by atoms with van der Waals surface area (Å²) < 4.78 is 5.43. The largest absolute Gasteiger partial charge is 0.497 e. The third-order valence-electron chi connectivity index (χ3n) is 6.07. The number of carbonyl (C=O) groups excluding carboxylic acids is 2. The molecule has 172 valence electrons. The van der Waals surface area contributed by atoms with E-state index in [2.05, 4.69) is 5.32 Å². The van der Waals surface area contributed by atoms with Gasteiger partial charge in [0.2, 0.25) is 11.8 Å². The van der Waals surface area contributed by atoms with E-state index < -0.39 is 6.04 Å². The van der Waals surface area contributed by atoms with Crippen LogP contribution < -0.4 is 15.0 Å². The molecule has 1 aromatic heterocycles. The summed E-state index contributed by atoms with van der Waals surface area (Å²) in [5.74, 6) is 0.384. The van der Waals surface area contributed by atoms with Gasteiger partial charge >= 0.3 is 0 Å². The predicted molar refractivity (Wildman–Crippen MR) is 133 cm³/mol. The maximum atomic E-state index is 13.8. The zero-order chi connectivity index (χ0) is 23.2. The first-order chi connectivity index (χ1) is 16.0. The molecule has 1 atom stereocenters. The lowest BCUT2D eigenvalue weighted by atomic mass is 10.0. The standard InChI is InChI=1S/C27H30N2O3S/c1-19-8-5-12-22(16-19)29(25(30)18-24-14-7-15-33-24)26(20-9-6-13-23(17-20)32-2)27(31)28-21-10-3-4-11-21/h5-9,12-17,21,26H,3-4,10-11,18H2,1-2H3,(H,28,31). The first kappa shape index (κ1) is 23.1. The molecule has 1 aliphatic carbocycles. The molecule has 6 heteroatoms. The van der Waals surface area contributed by atoms with Crippen molar-refractivity contribution in [1.29, 1.82) is 0 Å². The Kier molecular flexibility index (Phi) is 7.45. The predicted octanol–water partition coefficient (Wildman–Crippen LogP) is 5.44. The van der Waals surface area contributed by atoms with Crippen LogP contribution in [-0.2, 0) is 16.0 Å². The fourth-order valence-electron chi connectivity index (χ4n) is 4.44. The second-order valence-corrected chi connectivity index (χ2v) is 9.56. The van der Waals surface area contributed by atoms with Crippen molar-refractivity contribution in [3.05, 3.63) is 82.0 Å². The van der Waals surface area contributed by atoms with Gasteiger partial charge in [0, 0.05) is 16.6 Å². The number of hydrogen-bond acceptors (Lipinski definition) is 4. The van der Waals surface area contributed by atoms with E-state index in [1.807, 2.05) is 73.0 Å². The van der Waals surface area contributed by atoms with E-state index in [1.54, 1.807) is 23.3 Å². The highest BCUT2D eigenvalue weighted by Crippen LogP contribution is 2.32. The van der Waals surface area contributed by atoms with Gasteiger partial charge in [0.15, 0.2) is 0 Å². The third kappa shape index (κ3) is 5.63. The van der Waals surface area contributed by atoms with Crippen molar-refractivity contribution >= 4 is 28.8 Å². The molecule has 1 heterocycles. The Bertz CT molecular complexity index is 1090. The van der Waals surface area contributed by atoms with Crippen LogP contribution >= 0.6 is 11.3 Å². The van der Waals surface area contributed by atoms with Gasteiger partial charge in [0.1, 0.15) is 11.8 Å². The van der Waals surface area contributed by atoms with Crippen LogP contribution in [0.4, 0.5) is 5.69 Å².